The molecule has 0 saturated heterocycles. The smallest absolute Gasteiger partial charge is 0.219 e. The first-order chi connectivity index (χ1) is 10.1. The van der Waals surface area contributed by atoms with Crippen LogP contribution >= 0.6 is 11.6 Å². The molecule has 0 atom stereocenters. The minimum Gasteiger partial charge on any atom is -0.413 e. The van der Waals surface area contributed by atoms with E-state index in [0.717, 1.165) is 11.1 Å². The first-order valence-electron chi connectivity index (χ1n) is 7.75. The van der Waals surface area contributed by atoms with Crippen LogP contribution in [0.3, 0.4) is 0 Å². The summed E-state index contributed by atoms with van der Waals surface area (Å²) in [7, 11) is -1.80. The van der Waals surface area contributed by atoms with Gasteiger partial charge in [0.25, 0.3) is 0 Å². The summed E-state index contributed by atoms with van der Waals surface area (Å²) in [5.74, 6) is 0.0500. The molecule has 0 bridgehead atoms. The average molecular weight is 342 g/mol. The minimum atomic E-state index is -1.80. The number of hydrogen-bond donors (Lipinski definition) is 1. The molecule has 1 aromatic carbocycles. The second kappa shape index (κ2) is 7.62. The Bertz CT molecular complexity index is 524. The molecule has 5 heteroatoms. The van der Waals surface area contributed by atoms with Crippen LogP contribution in [0.5, 0.6) is 0 Å². The van der Waals surface area contributed by atoms with Crippen LogP contribution in [0, 0.1) is 0 Å². The Morgan fingerprint density at radius 2 is 1.95 bits per heavy atom. The van der Waals surface area contributed by atoms with Gasteiger partial charge in [-0.05, 0) is 35.3 Å². The summed E-state index contributed by atoms with van der Waals surface area (Å²) < 4.78 is 6.23. The van der Waals surface area contributed by atoms with Crippen molar-refractivity contribution in [3.8, 4) is 0 Å². The third kappa shape index (κ3) is 5.41. The highest BCUT2D eigenvalue weighted by molar-refractivity contribution is 6.74. The molecule has 124 valence electrons. The van der Waals surface area contributed by atoms with E-state index < -0.39 is 8.32 Å². The van der Waals surface area contributed by atoms with E-state index in [1.807, 2.05) is 25.1 Å². The number of nitrogens with one attached hydrogen (secondary N) is 1. The monoisotopic (exact) mass is 341 g/mol. The van der Waals surface area contributed by atoms with E-state index >= 15 is 0 Å². The van der Waals surface area contributed by atoms with Gasteiger partial charge < -0.3 is 9.74 Å². The fourth-order valence-corrected chi connectivity index (χ4v) is 2.77. The van der Waals surface area contributed by atoms with Crippen molar-refractivity contribution in [2.45, 2.75) is 65.4 Å². The molecule has 0 unspecified atom stereocenters. The van der Waals surface area contributed by atoms with Gasteiger partial charge in [0, 0.05) is 18.0 Å². The Morgan fingerprint density at radius 1 is 1.32 bits per heavy atom. The zero-order chi connectivity index (χ0) is 17.0. The molecule has 1 N–H and O–H groups in total. The summed E-state index contributed by atoms with van der Waals surface area (Å²) in [4.78, 5) is 11.3. The zero-order valence-corrected chi connectivity index (χ0v) is 16.3. The first kappa shape index (κ1) is 19.2. The lowest BCUT2D eigenvalue weighted by molar-refractivity contribution is -0.120. The third-order valence-electron chi connectivity index (χ3n) is 4.32. The molecular weight excluding hydrogens is 314 g/mol. The Hall–Kier alpha value is -0.843. The molecule has 0 fully saturated rings. The van der Waals surface area contributed by atoms with E-state index in [9.17, 15) is 4.79 Å². The molecule has 1 rings (SSSR count). The summed E-state index contributed by atoms with van der Waals surface area (Å²) in [6.07, 6.45) is 0.495. The highest BCUT2D eigenvalue weighted by Crippen LogP contribution is 2.37. The molecule has 0 aliphatic carbocycles. The Kier molecular flexibility index (Phi) is 6.65. The van der Waals surface area contributed by atoms with Crippen molar-refractivity contribution in [2.75, 3.05) is 0 Å². The van der Waals surface area contributed by atoms with E-state index in [-0.39, 0.29) is 10.9 Å². The summed E-state index contributed by atoms with van der Waals surface area (Å²) in [5, 5.41) is 3.76. The second-order valence-electron chi connectivity index (χ2n) is 7.11. The molecule has 0 heterocycles. The standard InChI is InChI=1S/C17H28ClNO2Si/c1-7-16(20)19-11-13-8-9-15(18)14(10-13)12-21-22(5,6)17(2,3)4/h8-10H,7,11-12H2,1-6H3,(H,19,20). The van der Waals surface area contributed by atoms with E-state index in [2.05, 4.69) is 39.2 Å². The van der Waals surface area contributed by atoms with Gasteiger partial charge in [0.05, 0.1) is 6.61 Å². The Labute approximate surface area is 140 Å². The second-order valence-corrected chi connectivity index (χ2v) is 12.3. The first-order valence-corrected chi connectivity index (χ1v) is 11.0. The lowest BCUT2D eigenvalue weighted by Crippen LogP contribution is -2.40. The van der Waals surface area contributed by atoms with E-state index in [1.54, 1.807) is 0 Å². The SMILES string of the molecule is CCC(=O)NCc1ccc(Cl)c(CO[Si](C)(C)C(C)(C)C)c1. The molecular formula is C17H28ClNO2Si. The van der Waals surface area contributed by atoms with Crippen molar-refractivity contribution >= 4 is 25.8 Å². The highest BCUT2D eigenvalue weighted by Gasteiger charge is 2.37. The molecule has 1 aromatic rings. The van der Waals surface area contributed by atoms with E-state index in [0.29, 0.717) is 24.6 Å². The van der Waals surface area contributed by atoms with Crippen LogP contribution in [0.2, 0.25) is 23.2 Å². The van der Waals surface area contributed by atoms with Gasteiger partial charge >= 0.3 is 0 Å². The molecule has 3 nitrogen and oxygen atoms in total. The molecule has 0 aromatic heterocycles. The van der Waals surface area contributed by atoms with Crippen molar-refractivity contribution in [1.82, 2.24) is 5.32 Å². The maximum atomic E-state index is 11.3. The van der Waals surface area contributed by atoms with Crippen LogP contribution in [-0.4, -0.2) is 14.2 Å². The number of rotatable bonds is 6. The van der Waals surface area contributed by atoms with Gasteiger partial charge in [-0.15, -0.1) is 0 Å². The number of hydrogen-bond acceptors (Lipinski definition) is 2. The summed E-state index contributed by atoms with van der Waals surface area (Å²) in [6, 6.07) is 5.83. The van der Waals surface area contributed by atoms with Gasteiger partial charge in [0.15, 0.2) is 8.32 Å². The molecule has 22 heavy (non-hydrogen) atoms. The maximum Gasteiger partial charge on any atom is 0.219 e. The van der Waals surface area contributed by atoms with Crippen LogP contribution < -0.4 is 5.32 Å². The minimum absolute atomic E-state index is 0.0500. The van der Waals surface area contributed by atoms with Crippen LogP contribution in [-0.2, 0) is 22.4 Å². The van der Waals surface area contributed by atoms with Gasteiger partial charge in [0.1, 0.15) is 0 Å². The fourth-order valence-electron chi connectivity index (χ4n) is 1.65. The number of amides is 1. The van der Waals surface area contributed by atoms with Crippen molar-refractivity contribution in [2.24, 2.45) is 0 Å². The van der Waals surface area contributed by atoms with Gasteiger partial charge in [0.2, 0.25) is 5.91 Å². The fraction of sp³-hybridized carbons (Fsp3) is 0.588. The quantitative estimate of drug-likeness (QED) is 0.748. The van der Waals surface area contributed by atoms with Crippen LogP contribution in [0.1, 0.15) is 45.2 Å². The normalized spacial score (nSPS) is 12.3. The van der Waals surface area contributed by atoms with Crippen molar-refractivity contribution in [3.05, 3.63) is 34.3 Å². The lowest BCUT2D eigenvalue weighted by Gasteiger charge is -2.36. The van der Waals surface area contributed by atoms with Crippen LogP contribution in [0.4, 0.5) is 0 Å². The summed E-state index contributed by atoms with van der Waals surface area (Å²) in [5.41, 5.74) is 2.02. The topological polar surface area (TPSA) is 38.3 Å². The predicted molar refractivity (Wildman–Crippen MR) is 95.6 cm³/mol. The molecule has 0 radical (unpaired) electrons. The van der Waals surface area contributed by atoms with Gasteiger partial charge in [-0.1, -0.05) is 51.4 Å². The van der Waals surface area contributed by atoms with Gasteiger partial charge in [-0.25, -0.2) is 0 Å². The van der Waals surface area contributed by atoms with Crippen molar-refractivity contribution < 1.29 is 9.22 Å². The van der Waals surface area contributed by atoms with Crippen molar-refractivity contribution in [1.29, 1.82) is 0 Å². The summed E-state index contributed by atoms with van der Waals surface area (Å²) >= 11 is 6.28. The third-order valence-corrected chi connectivity index (χ3v) is 9.16. The van der Waals surface area contributed by atoms with Gasteiger partial charge in [-0.3, -0.25) is 4.79 Å². The predicted octanol–water partition coefficient (Wildman–Crippen LogP) is 4.89. The van der Waals surface area contributed by atoms with Crippen LogP contribution in [0.15, 0.2) is 18.2 Å². The zero-order valence-electron chi connectivity index (χ0n) is 14.5. The number of halogens is 1. The van der Waals surface area contributed by atoms with Crippen molar-refractivity contribution in [3.63, 3.8) is 0 Å². The average Bonchev–Trinajstić information content (AvgIpc) is 2.43. The van der Waals surface area contributed by atoms with Crippen LogP contribution in [0.25, 0.3) is 0 Å². The largest absolute Gasteiger partial charge is 0.413 e. The molecule has 1 amide bonds. The summed E-state index contributed by atoms with van der Waals surface area (Å²) in [6.45, 7) is 14.0. The molecule has 0 saturated carbocycles. The Morgan fingerprint density at radius 3 is 2.50 bits per heavy atom. The number of carbonyl (C=O) groups is 1. The molecule has 0 aliphatic rings. The lowest BCUT2D eigenvalue weighted by atomic mass is 10.1. The maximum absolute atomic E-state index is 11.3. The number of carbonyl (C=O) groups excluding carboxylic acids is 1. The highest BCUT2D eigenvalue weighted by atomic mass is 35.5. The van der Waals surface area contributed by atoms with E-state index in [4.69, 9.17) is 16.0 Å². The number of benzene rings is 1. The Balaban J connectivity index is 2.76. The van der Waals surface area contributed by atoms with Gasteiger partial charge in [-0.2, -0.15) is 0 Å². The van der Waals surface area contributed by atoms with E-state index in [1.165, 1.54) is 0 Å². The molecule has 0 aliphatic heterocycles. The molecule has 0 spiro atoms.